The predicted molar refractivity (Wildman–Crippen MR) is 42.2 cm³/mol. The molecule has 3 heteroatoms. The molecule has 1 aliphatic heterocycles. The summed E-state index contributed by atoms with van der Waals surface area (Å²) in [6.45, 7) is 0. The summed E-state index contributed by atoms with van der Waals surface area (Å²) in [6, 6.07) is 0. The van der Waals surface area contributed by atoms with Crippen LogP contribution in [0.1, 0.15) is 19.3 Å². The third-order valence-electron chi connectivity index (χ3n) is 1.95. The van der Waals surface area contributed by atoms with Crippen LogP contribution in [0.25, 0.3) is 0 Å². The first-order valence-corrected chi connectivity index (χ1v) is 5.62. The molecule has 56 valence electrons. The van der Waals surface area contributed by atoms with Crippen molar-refractivity contribution < 1.29 is 4.21 Å². The van der Waals surface area contributed by atoms with Crippen LogP contribution < -0.4 is 4.72 Å². The highest BCUT2D eigenvalue weighted by molar-refractivity contribution is 8.01. The quantitative estimate of drug-likeness (QED) is 0.517. The van der Waals surface area contributed by atoms with E-state index >= 15 is 0 Å². The van der Waals surface area contributed by atoms with Crippen LogP contribution in [0.3, 0.4) is 0 Å². The molecule has 1 saturated heterocycles. The second-order valence-electron chi connectivity index (χ2n) is 2.62. The topological polar surface area (TPSA) is 29.1 Å². The average Bonchev–Trinajstić information content (AvgIpc) is 1.90. The highest BCUT2D eigenvalue weighted by atomic mass is 32.3. The van der Waals surface area contributed by atoms with E-state index in [1.165, 1.54) is 6.42 Å². The lowest BCUT2D eigenvalue weighted by molar-refractivity contribution is 0.635. The third-order valence-corrected chi connectivity index (χ3v) is 4.84. The van der Waals surface area contributed by atoms with Crippen LogP contribution >= 0.6 is 0 Å². The van der Waals surface area contributed by atoms with E-state index in [-0.39, 0.29) is 0 Å². The SMILES string of the molecule is CN[SH]1(=O)CCCCC1. The first-order chi connectivity index (χ1) is 4.27. The summed E-state index contributed by atoms with van der Waals surface area (Å²) in [5.41, 5.74) is 0. The molecule has 1 N–H and O–H groups in total. The van der Waals surface area contributed by atoms with Crippen molar-refractivity contribution >= 4 is 10.1 Å². The summed E-state index contributed by atoms with van der Waals surface area (Å²) in [5, 5.41) is 0. The van der Waals surface area contributed by atoms with Crippen molar-refractivity contribution in [1.29, 1.82) is 0 Å². The molecule has 1 rings (SSSR count). The zero-order valence-electron chi connectivity index (χ0n) is 5.89. The van der Waals surface area contributed by atoms with E-state index in [1.54, 1.807) is 0 Å². The normalized spacial score (nSPS) is 29.4. The molecule has 1 aliphatic rings. The minimum atomic E-state index is -1.84. The van der Waals surface area contributed by atoms with Crippen molar-refractivity contribution in [3.63, 3.8) is 0 Å². The van der Waals surface area contributed by atoms with Gasteiger partial charge in [-0.25, -0.2) is 0 Å². The van der Waals surface area contributed by atoms with E-state index < -0.39 is 10.1 Å². The second kappa shape index (κ2) is 2.80. The molecule has 0 atom stereocenters. The summed E-state index contributed by atoms with van der Waals surface area (Å²) in [5.74, 6) is 1.84. The lowest BCUT2D eigenvalue weighted by Crippen LogP contribution is -2.36. The lowest BCUT2D eigenvalue weighted by Gasteiger charge is -2.26. The Morgan fingerprint density at radius 2 is 1.78 bits per heavy atom. The Labute approximate surface area is 57.6 Å². The van der Waals surface area contributed by atoms with Crippen molar-refractivity contribution in [2.24, 2.45) is 0 Å². The molecular formula is C6H15NOS. The molecule has 2 nitrogen and oxygen atoms in total. The van der Waals surface area contributed by atoms with Crippen LogP contribution in [0.15, 0.2) is 0 Å². The monoisotopic (exact) mass is 149 g/mol. The molecule has 0 unspecified atom stereocenters. The van der Waals surface area contributed by atoms with Gasteiger partial charge in [-0.1, -0.05) is 16.5 Å². The Bertz CT molecular complexity index is 125. The number of hydrogen-bond donors (Lipinski definition) is 2. The van der Waals surface area contributed by atoms with Crippen LogP contribution in [0, 0.1) is 0 Å². The predicted octanol–water partition coefficient (Wildman–Crippen LogP) is 0.321. The van der Waals surface area contributed by atoms with Gasteiger partial charge in [0.15, 0.2) is 0 Å². The molecule has 0 amide bonds. The van der Waals surface area contributed by atoms with E-state index in [4.69, 9.17) is 0 Å². The summed E-state index contributed by atoms with van der Waals surface area (Å²) in [4.78, 5) is 0. The highest BCUT2D eigenvalue weighted by Crippen LogP contribution is 2.14. The van der Waals surface area contributed by atoms with Crippen LogP contribution in [0.2, 0.25) is 0 Å². The maximum absolute atomic E-state index is 11.5. The molecule has 0 saturated carbocycles. The lowest BCUT2D eigenvalue weighted by atomic mass is 10.3. The molecular weight excluding hydrogens is 134 g/mol. The molecule has 0 bridgehead atoms. The fourth-order valence-corrected chi connectivity index (χ4v) is 3.39. The van der Waals surface area contributed by atoms with E-state index in [1.807, 2.05) is 7.05 Å². The number of nitrogens with one attached hydrogen (secondary N) is 1. The Morgan fingerprint density at radius 3 is 2.11 bits per heavy atom. The Kier molecular flexibility index (Phi) is 2.24. The average molecular weight is 149 g/mol. The molecule has 0 radical (unpaired) electrons. The first-order valence-electron chi connectivity index (χ1n) is 3.54. The Morgan fingerprint density at radius 1 is 1.22 bits per heavy atom. The molecule has 0 aromatic heterocycles. The third kappa shape index (κ3) is 1.76. The van der Waals surface area contributed by atoms with Crippen molar-refractivity contribution in [2.45, 2.75) is 19.3 Å². The standard InChI is InChI=1S/C6H15NOS/c1-7-9(8)5-3-2-4-6-9/h9H,2-6H2,1H3,(H,7,8). The summed E-state index contributed by atoms with van der Waals surface area (Å²) < 4.78 is 14.4. The van der Waals surface area contributed by atoms with E-state index in [9.17, 15) is 4.21 Å². The maximum atomic E-state index is 11.5. The molecule has 0 aliphatic carbocycles. The van der Waals surface area contributed by atoms with Gasteiger partial charge in [0.05, 0.1) is 0 Å². The fraction of sp³-hybridized carbons (Fsp3) is 1.00. The molecule has 0 spiro atoms. The van der Waals surface area contributed by atoms with Gasteiger partial charge in [0, 0.05) is 11.5 Å². The molecule has 1 fully saturated rings. The van der Waals surface area contributed by atoms with Crippen LogP contribution in [-0.2, 0) is 10.1 Å². The van der Waals surface area contributed by atoms with Gasteiger partial charge in [0.25, 0.3) is 0 Å². The fourth-order valence-electron chi connectivity index (χ4n) is 1.25. The van der Waals surface area contributed by atoms with E-state index in [0.717, 1.165) is 24.3 Å². The molecule has 1 heterocycles. The van der Waals surface area contributed by atoms with Gasteiger partial charge in [-0.3, -0.25) is 8.93 Å². The van der Waals surface area contributed by atoms with Gasteiger partial charge >= 0.3 is 0 Å². The van der Waals surface area contributed by atoms with Crippen molar-refractivity contribution in [3.8, 4) is 0 Å². The second-order valence-corrected chi connectivity index (χ2v) is 5.74. The van der Waals surface area contributed by atoms with Gasteiger partial charge in [0.2, 0.25) is 0 Å². The van der Waals surface area contributed by atoms with Crippen molar-refractivity contribution in [1.82, 2.24) is 4.72 Å². The molecule has 0 aromatic rings. The molecule has 9 heavy (non-hydrogen) atoms. The van der Waals surface area contributed by atoms with Crippen molar-refractivity contribution in [2.75, 3.05) is 18.6 Å². The van der Waals surface area contributed by atoms with Crippen LogP contribution in [-0.4, -0.2) is 22.8 Å². The van der Waals surface area contributed by atoms with E-state index in [2.05, 4.69) is 4.72 Å². The highest BCUT2D eigenvalue weighted by Gasteiger charge is 2.15. The minimum absolute atomic E-state index is 0.920. The summed E-state index contributed by atoms with van der Waals surface area (Å²) in [6.07, 6.45) is 3.57. The van der Waals surface area contributed by atoms with Gasteiger partial charge in [0.1, 0.15) is 0 Å². The van der Waals surface area contributed by atoms with E-state index in [0.29, 0.717) is 0 Å². The Hall–Kier alpha value is 0.110. The Balaban J connectivity index is 2.47. The number of rotatable bonds is 1. The van der Waals surface area contributed by atoms with Gasteiger partial charge in [-0.05, 0) is 19.9 Å². The van der Waals surface area contributed by atoms with Crippen molar-refractivity contribution in [3.05, 3.63) is 0 Å². The zero-order valence-corrected chi connectivity index (χ0v) is 6.79. The summed E-state index contributed by atoms with van der Waals surface area (Å²) in [7, 11) is -0.0327. The summed E-state index contributed by atoms with van der Waals surface area (Å²) >= 11 is 0. The maximum Gasteiger partial charge on any atom is 0.0128 e. The molecule has 0 aromatic carbocycles. The van der Waals surface area contributed by atoms with Gasteiger partial charge < -0.3 is 0 Å². The van der Waals surface area contributed by atoms with Crippen LogP contribution in [0.4, 0.5) is 0 Å². The van der Waals surface area contributed by atoms with Gasteiger partial charge in [-0.2, -0.15) is 0 Å². The smallest absolute Gasteiger partial charge is 0.0128 e. The number of hydrogen-bond acceptors (Lipinski definition) is 1. The first kappa shape index (κ1) is 7.22. The van der Waals surface area contributed by atoms with Crippen LogP contribution in [0.5, 0.6) is 0 Å². The van der Waals surface area contributed by atoms with Gasteiger partial charge in [-0.15, -0.1) is 0 Å². The largest absolute Gasteiger partial charge is 0.271 e. The minimum Gasteiger partial charge on any atom is -0.271 e. The number of thiol groups is 1. The zero-order chi connectivity index (χ0) is 6.74.